The van der Waals surface area contributed by atoms with E-state index in [0.29, 0.717) is 24.3 Å². The second kappa shape index (κ2) is 5.84. The number of nitrogens with two attached hydrogens (primary N) is 1. The number of carbonyl (C=O) groups is 1. The zero-order valence-corrected chi connectivity index (χ0v) is 8.62. The first-order valence-electron chi connectivity index (χ1n) is 4.64. The van der Waals surface area contributed by atoms with Gasteiger partial charge in [-0.1, -0.05) is 11.8 Å². The summed E-state index contributed by atoms with van der Waals surface area (Å²) in [6.07, 6.45) is 1.42. The van der Waals surface area contributed by atoms with Crippen LogP contribution in [0.3, 0.4) is 0 Å². The number of methoxy groups -OCH3 is 1. The van der Waals surface area contributed by atoms with Gasteiger partial charge in [0, 0.05) is 18.5 Å². The maximum absolute atomic E-state index is 10.6. The van der Waals surface area contributed by atoms with Crippen LogP contribution in [0.5, 0.6) is 5.75 Å². The van der Waals surface area contributed by atoms with Crippen LogP contribution in [0, 0.1) is 11.8 Å². The minimum atomic E-state index is 0.530. The maximum atomic E-state index is 10.6. The van der Waals surface area contributed by atoms with Crippen molar-refractivity contribution in [2.45, 2.75) is 6.42 Å². The molecule has 0 fully saturated rings. The third-order valence-electron chi connectivity index (χ3n) is 1.85. The molecule has 1 aromatic carbocycles. The van der Waals surface area contributed by atoms with Gasteiger partial charge < -0.3 is 10.5 Å². The Bertz CT molecular complexity index is 402. The molecular weight excluding hydrogens is 190 g/mol. The number of hydrogen-bond donors (Lipinski definition) is 1. The molecule has 1 rings (SSSR count). The number of aldehydes is 1. The van der Waals surface area contributed by atoms with Crippen molar-refractivity contribution in [2.75, 3.05) is 13.7 Å². The van der Waals surface area contributed by atoms with Gasteiger partial charge in [0.25, 0.3) is 0 Å². The van der Waals surface area contributed by atoms with Crippen molar-refractivity contribution in [3.63, 3.8) is 0 Å². The Hall–Kier alpha value is -1.79. The van der Waals surface area contributed by atoms with E-state index in [9.17, 15) is 4.79 Å². The van der Waals surface area contributed by atoms with Crippen LogP contribution in [0.4, 0.5) is 0 Å². The molecule has 3 heteroatoms. The normalized spacial score (nSPS) is 8.93. The van der Waals surface area contributed by atoms with E-state index in [4.69, 9.17) is 10.5 Å². The fourth-order valence-electron chi connectivity index (χ4n) is 1.13. The number of ether oxygens (including phenoxy) is 1. The van der Waals surface area contributed by atoms with Gasteiger partial charge in [-0.25, -0.2) is 0 Å². The highest BCUT2D eigenvalue weighted by molar-refractivity contribution is 5.76. The summed E-state index contributed by atoms with van der Waals surface area (Å²) in [5.74, 6) is 6.50. The van der Waals surface area contributed by atoms with Crippen LogP contribution in [0.1, 0.15) is 22.3 Å². The number of hydrogen-bond acceptors (Lipinski definition) is 3. The van der Waals surface area contributed by atoms with Gasteiger partial charge >= 0.3 is 0 Å². The molecule has 0 unspecified atom stereocenters. The molecule has 0 aliphatic rings. The van der Waals surface area contributed by atoms with Gasteiger partial charge in [-0.05, 0) is 18.2 Å². The minimum absolute atomic E-state index is 0.530. The zero-order chi connectivity index (χ0) is 11.1. The van der Waals surface area contributed by atoms with E-state index < -0.39 is 0 Å². The molecule has 2 N–H and O–H groups in total. The zero-order valence-electron chi connectivity index (χ0n) is 8.62. The predicted octanol–water partition coefficient (Wildman–Crippen LogP) is 1.21. The summed E-state index contributed by atoms with van der Waals surface area (Å²) in [4.78, 5) is 10.6. The Balaban J connectivity index is 3.02. The maximum Gasteiger partial charge on any atom is 0.150 e. The highest BCUT2D eigenvalue weighted by Gasteiger charge is 2.00. The molecule has 15 heavy (non-hydrogen) atoms. The van der Waals surface area contributed by atoms with Gasteiger partial charge in [0.2, 0.25) is 0 Å². The molecule has 0 aliphatic heterocycles. The van der Waals surface area contributed by atoms with Gasteiger partial charge in [-0.3, -0.25) is 4.79 Å². The third kappa shape index (κ3) is 3.12. The fraction of sp³-hybridized carbons (Fsp3) is 0.250. The van der Waals surface area contributed by atoms with E-state index in [1.54, 1.807) is 25.3 Å². The van der Waals surface area contributed by atoms with Crippen molar-refractivity contribution in [1.82, 2.24) is 0 Å². The topological polar surface area (TPSA) is 52.3 Å². The first kappa shape index (κ1) is 11.3. The van der Waals surface area contributed by atoms with Crippen LogP contribution in [0.2, 0.25) is 0 Å². The van der Waals surface area contributed by atoms with Crippen LogP contribution in [0.15, 0.2) is 18.2 Å². The lowest BCUT2D eigenvalue weighted by molar-refractivity contribution is 0.112. The second-order valence-electron chi connectivity index (χ2n) is 2.92. The third-order valence-corrected chi connectivity index (χ3v) is 1.85. The lowest BCUT2D eigenvalue weighted by atomic mass is 10.1. The van der Waals surface area contributed by atoms with Crippen molar-refractivity contribution < 1.29 is 9.53 Å². The Morgan fingerprint density at radius 2 is 2.33 bits per heavy atom. The quantitative estimate of drug-likeness (QED) is 0.593. The lowest BCUT2D eigenvalue weighted by Crippen LogP contribution is -1.95. The summed E-state index contributed by atoms with van der Waals surface area (Å²) >= 11 is 0. The largest absolute Gasteiger partial charge is 0.495 e. The molecule has 0 spiro atoms. The van der Waals surface area contributed by atoms with Gasteiger partial charge in [-0.2, -0.15) is 0 Å². The SMILES string of the molecule is COc1ccc(C=O)cc1C#CCCN. The Kier molecular flexibility index (Phi) is 4.39. The van der Waals surface area contributed by atoms with Crippen LogP contribution < -0.4 is 10.5 Å². The first-order valence-corrected chi connectivity index (χ1v) is 4.64. The molecule has 1 aromatic rings. The summed E-state index contributed by atoms with van der Waals surface area (Å²) in [5, 5.41) is 0. The standard InChI is InChI=1S/C12H13NO2/c1-15-12-6-5-10(9-14)8-11(12)4-2-3-7-13/h5-6,8-9H,3,7,13H2,1H3. The van der Waals surface area contributed by atoms with Crippen LogP contribution in [0.25, 0.3) is 0 Å². The molecule has 0 saturated carbocycles. The molecule has 78 valence electrons. The summed E-state index contributed by atoms with van der Waals surface area (Å²) in [6, 6.07) is 5.13. The lowest BCUT2D eigenvalue weighted by Gasteiger charge is -2.02. The summed E-state index contributed by atoms with van der Waals surface area (Å²) in [5.41, 5.74) is 6.64. The van der Waals surface area contributed by atoms with Crippen molar-refractivity contribution in [1.29, 1.82) is 0 Å². The molecule has 0 saturated heterocycles. The van der Waals surface area contributed by atoms with Crippen LogP contribution >= 0.6 is 0 Å². The molecule has 0 bridgehead atoms. The molecule has 0 amide bonds. The number of carbonyl (C=O) groups excluding carboxylic acids is 1. The van der Waals surface area contributed by atoms with Crippen molar-refractivity contribution in [3.05, 3.63) is 29.3 Å². The average molecular weight is 203 g/mol. The molecule has 0 radical (unpaired) electrons. The monoisotopic (exact) mass is 203 g/mol. The van der Waals surface area contributed by atoms with Crippen LogP contribution in [-0.2, 0) is 0 Å². The second-order valence-corrected chi connectivity index (χ2v) is 2.92. The Morgan fingerprint density at radius 1 is 1.53 bits per heavy atom. The average Bonchev–Trinajstić information content (AvgIpc) is 2.29. The van der Waals surface area contributed by atoms with E-state index in [2.05, 4.69) is 11.8 Å². The predicted molar refractivity (Wildman–Crippen MR) is 58.9 cm³/mol. The van der Waals surface area contributed by atoms with Gasteiger partial charge in [0.05, 0.1) is 12.7 Å². The van der Waals surface area contributed by atoms with E-state index in [1.165, 1.54) is 0 Å². The minimum Gasteiger partial charge on any atom is -0.495 e. The van der Waals surface area contributed by atoms with E-state index in [-0.39, 0.29) is 0 Å². The van der Waals surface area contributed by atoms with E-state index >= 15 is 0 Å². The van der Waals surface area contributed by atoms with Crippen molar-refractivity contribution in [2.24, 2.45) is 5.73 Å². The highest BCUT2D eigenvalue weighted by Crippen LogP contribution is 2.17. The molecule has 0 atom stereocenters. The first-order chi connectivity index (χ1) is 7.31. The molecule has 0 aromatic heterocycles. The molecule has 0 aliphatic carbocycles. The molecule has 3 nitrogen and oxygen atoms in total. The fourth-order valence-corrected chi connectivity index (χ4v) is 1.13. The number of benzene rings is 1. The van der Waals surface area contributed by atoms with Crippen molar-refractivity contribution in [3.8, 4) is 17.6 Å². The smallest absolute Gasteiger partial charge is 0.150 e. The Labute approximate surface area is 89.2 Å². The highest BCUT2D eigenvalue weighted by atomic mass is 16.5. The Morgan fingerprint density at radius 3 is 2.93 bits per heavy atom. The van der Waals surface area contributed by atoms with Crippen LogP contribution in [-0.4, -0.2) is 19.9 Å². The van der Waals surface area contributed by atoms with E-state index in [1.807, 2.05) is 0 Å². The molecule has 0 heterocycles. The van der Waals surface area contributed by atoms with Gasteiger partial charge in [0.1, 0.15) is 12.0 Å². The van der Waals surface area contributed by atoms with E-state index in [0.717, 1.165) is 11.8 Å². The van der Waals surface area contributed by atoms with Crippen molar-refractivity contribution >= 4 is 6.29 Å². The molecular formula is C12H13NO2. The summed E-state index contributed by atoms with van der Waals surface area (Å²) < 4.78 is 5.13. The van der Waals surface area contributed by atoms with Gasteiger partial charge in [0.15, 0.2) is 0 Å². The van der Waals surface area contributed by atoms with Gasteiger partial charge in [-0.15, -0.1) is 0 Å². The summed E-state index contributed by atoms with van der Waals surface area (Å²) in [7, 11) is 1.57. The summed E-state index contributed by atoms with van der Waals surface area (Å²) in [6.45, 7) is 0.530. The number of rotatable bonds is 3.